The van der Waals surface area contributed by atoms with Crippen LogP contribution in [-0.2, 0) is 7.05 Å². The highest BCUT2D eigenvalue weighted by Gasteiger charge is 2.40. The van der Waals surface area contributed by atoms with Crippen LogP contribution in [0.4, 0.5) is 5.82 Å². The molecule has 0 aromatic carbocycles. The summed E-state index contributed by atoms with van der Waals surface area (Å²) in [6.07, 6.45) is 7.88. The summed E-state index contributed by atoms with van der Waals surface area (Å²) in [6, 6.07) is 4.84. The molecule has 0 spiro atoms. The van der Waals surface area contributed by atoms with E-state index in [1.54, 1.807) is 0 Å². The molecule has 2 aromatic heterocycles. The Balaban J connectivity index is 1.29. The van der Waals surface area contributed by atoms with Gasteiger partial charge >= 0.3 is 0 Å². The molecule has 0 amide bonds. The number of pyridine rings is 1. The van der Waals surface area contributed by atoms with E-state index in [-0.39, 0.29) is 0 Å². The van der Waals surface area contributed by atoms with E-state index in [0.717, 1.165) is 34.5 Å². The fourth-order valence-electron chi connectivity index (χ4n) is 4.92. The Bertz CT molecular complexity index is 787. The van der Waals surface area contributed by atoms with Gasteiger partial charge in [0.25, 0.3) is 0 Å². The Morgan fingerprint density at radius 2 is 1.86 bits per heavy atom. The minimum absolute atomic E-state index is 0.438. The van der Waals surface area contributed by atoms with E-state index in [4.69, 9.17) is 0 Å². The van der Waals surface area contributed by atoms with Crippen molar-refractivity contribution in [3.05, 3.63) is 30.2 Å². The summed E-state index contributed by atoms with van der Waals surface area (Å²) in [5, 5.41) is 8.12. The Hall–Kier alpha value is -1.88. The third-order valence-electron chi connectivity index (χ3n) is 6.44. The number of hydrogen-bond acceptors (Lipinski definition) is 4. The fourth-order valence-corrected chi connectivity index (χ4v) is 4.92. The van der Waals surface area contributed by atoms with Gasteiger partial charge in [0.15, 0.2) is 0 Å². The third kappa shape index (κ3) is 4.40. The molecular weight excluding hydrogens is 346 g/mol. The maximum Gasteiger partial charge on any atom is 0.126 e. The molecular formula is C23H35N5. The molecule has 28 heavy (non-hydrogen) atoms. The van der Waals surface area contributed by atoms with E-state index < -0.39 is 0 Å². The predicted octanol–water partition coefficient (Wildman–Crippen LogP) is 4.35. The topological polar surface area (TPSA) is 46.0 Å². The van der Waals surface area contributed by atoms with Crippen molar-refractivity contribution < 1.29 is 0 Å². The van der Waals surface area contributed by atoms with Crippen molar-refractivity contribution in [1.29, 1.82) is 0 Å². The summed E-state index contributed by atoms with van der Waals surface area (Å²) in [5.74, 6) is 2.71. The number of nitrogens with one attached hydrogen (secondary N) is 1. The van der Waals surface area contributed by atoms with Gasteiger partial charge in [-0.3, -0.25) is 4.68 Å². The Labute approximate surface area is 169 Å². The summed E-state index contributed by atoms with van der Waals surface area (Å²) in [7, 11) is 1.96. The molecule has 5 heteroatoms. The Morgan fingerprint density at radius 1 is 1.14 bits per heavy atom. The van der Waals surface area contributed by atoms with Crippen molar-refractivity contribution in [2.75, 3.05) is 25.0 Å². The molecule has 152 valence electrons. The summed E-state index contributed by atoms with van der Waals surface area (Å²) >= 11 is 0. The van der Waals surface area contributed by atoms with Crippen molar-refractivity contribution in [3.8, 4) is 11.1 Å². The zero-order chi connectivity index (χ0) is 19.9. The normalized spacial score (nSPS) is 25.2. The summed E-state index contributed by atoms with van der Waals surface area (Å²) in [6.45, 7) is 12.9. The summed E-state index contributed by atoms with van der Waals surface area (Å²) in [5.41, 5.74) is 3.78. The monoisotopic (exact) mass is 381 g/mol. The molecule has 1 N–H and O–H groups in total. The van der Waals surface area contributed by atoms with E-state index in [0.29, 0.717) is 11.5 Å². The number of aryl methyl sites for hydroxylation is 2. The lowest BCUT2D eigenvalue weighted by Gasteiger charge is -2.24. The smallest absolute Gasteiger partial charge is 0.126 e. The van der Waals surface area contributed by atoms with Crippen LogP contribution in [0.15, 0.2) is 24.5 Å². The van der Waals surface area contributed by atoms with Gasteiger partial charge in [-0.05, 0) is 62.1 Å². The highest BCUT2D eigenvalue weighted by Crippen LogP contribution is 2.39. The lowest BCUT2D eigenvalue weighted by atomic mass is 9.92. The molecule has 2 fully saturated rings. The molecule has 1 saturated heterocycles. The summed E-state index contributed by atoms with van der Waals surface area (Å²) in [4.78, 5) is 7.37. The van der Waals surface area contributed by atoms with Crippen LogP contribution in [0.3, 0.4) is 0 Å². The number of likely N-dealkylation sites (tertiary alicyclic amines) is 1. The first kappa shape index (κ1) is 19.4. The second-order valence-electron chi connectivity index (χ2n) is 10.1. The van der Waals surface area contributed by atoms with E-state index in [2.05, 4.69) is 59.4 Å². The first-order valence-corrected chi connectivity index (χ1v) is 10.7. The molecule has 1 saturated carbocycles. The Kier molecular flexibility index (Phi) is 5.21. The lowest BCUT2D eigenvalue weighted by molar-refractivity contribution is 0.250. The first-order valence-electron chi connectivity index (χ1n) is 10.7. The van der Waals surface area contributed by atoms with Gasteiger partial charge in [-0.2, -0.15) is 5.10 Å². The van der Waals surface area contributed by atoms with Gasteiger partial charge in [0.2, 0.25) is 0 Å². The minimum atomic E-state index is 0.438. The first-order chi connectivity index (χ1) is 13.3. The summed E-state index contributed by atoms with van der Waals surface area (Å²) < 4.78 is 1.86. The van der Waals surface area contributed by atoms with Crippen molar-refractivity contribution in [2.24, 2.45) is 24.3 Å². The average molecular weight is 382 g/mol. The van der Waals surface area contributed by atoms with Gasteiger partial charge in [-0.25, -0.2) is 4.98 Å². The molecule has 3 atom stereocenters. The van der Waals surface area contributed by atoms with Gasteiger partial charge in [0.05, 0.1) is 5.69 Å². The van der Waals surface area contributed by atoms with Crippen LogP contribution >= 0.6 is 0 Å². The molecule has 4 rings (SSSR count). The van der Waals surface area contributed by atoms with E-state index in [1.807, 2.05) is 24.9 Å². The maximum atomic E-state index is 4.68. The Morgan fingerprint density at radius 3 is 2.39 bits per heavy atom. The predicted molar refractivity (Wildman–Crippen MR) is 115 cm³/mol. The van der Waals surface area contributed by atoms with Crippen LogP contribution in [0, 0.1) is 24.2 Å². The molecule has 2 aliphatic rings. The quantitative estimate of drug-likeness (QED) is 0.836. The lowest BCUT2D eigenvalue weighted by Crippen LogP contribution is -2.28. The standard InChI is InChI=1S/C23H35N5/c1-16-21(15-27(5)26-16)17-6-7-22(24-12-17)25-20-10-18-13-28(14-19(18)11-20)9-8-23(2,3)4/h6-7,12,15,18-20H,8-11,13-14H2,1-5H3,(H,24,25)/t18-,19+,20?. The van der Waals surface area contributed by atoms with E-state index in [1.165, 1.54) is 38.9 Å². The van der Waals surface area contributed by atoms with Gasteiger partial charge < -0.3 is 10.2 Å². The number of hydrogen-bond donors (Lipinski definition) is 1. The zero-order valence-electron chi connectivity index (χ0n) is 18.1. The van der Waals surface area contributed by atoms with Crippen molar-refractivity contribution >= 4 is 5.82 Å². The molecule has 0 radical (unpaired) electrons. The third-order valence-corrected chi connectivity index (χ3v) is 6.44. The molecule has 1 unspecified atom stereocenters. The number of rotatable bonds is 5. The van der Waals surface area contributed by atoms with Crippen LogP contribution in [0.5, 0.6) is 0 Å². The zero-order valence-corrected chi connectivity index (χ0v) is 18.1. The van der Waals surface area contributed by atoms with Crippen molar-refractivity contribution in [3.63, 3.8) is 0 Å². The molecule has 2 aromatic rings. The van der Waals surface area contributed by atoms with Crippen LogP contribution < -0.4 is 5.32 Å². The van der Waals surface area contributed by atoms with Crippen LogP contribution in [0.2, 0.25) is 0 Å². The number of fused-ring (bicyclic) bond motifs is 1. The number of anilines is 1. The highest BCUT2D eigenvalue weighted by atomic mass is 15.2. The van der Waals surface area contributed by atoms with Gasteiger partial charge in [0.1, 0.15) is 5.82 Å². The van der Waals surface area contributed by atoms with Gasteiger partial charge in [0, 0.05) is 49.7 Å². The van der Waals surface area contributed by atoms with Gasteiger partial charge in [-0.15, -0.1) is 0 Å². The SMILES string of the molecule is Cc1nn(C)cc1-c1ccc(NC2C[C@@H]3CN(CCC(C)(C)C)C[C@@H]3C2)nc1. The molecule has 1 aliphatic heterocycles. The molecule has 3 heterocycles. The number of nitrogens with zero attached hydrogens (tertiary/aromatic N) is 4. The van der Waals surface area contributed by atoms with Crippen molar-refractivity contribution in [2.45, 2.75) is 53.0 Å². The molecule has 1 aliphatic carbocycles. The second-order valence-corrected chi connectivity index (χ2v) is 10.1. The van der Waals surface area contributed by atoms with E-state index >= 15 is 0 Å². The van der Waals surface area contributed by atoms with Gasteiger partial charge in [-0.1, -0.05) is 20.8 Å². The number of aromatic nitrogens is 3. The largest absolute Gasteiger partial charge is 0.367 e. The molecule has 5 nitrogen and oxygen atoms in total. The van der Waals surface area contributed by atoms with Crippen LogP contribution in [0.25, 0.3) is 11.1 Å². The highest BCUT2D eigenvalue weighted by molar-refractivity contribution is 5.65. The van der Waals surface area contributed by atoms with Crippen LogP contribution in [-0.4, -0.2) is 45.3 Å². The van der Waals surface area contributed by atoms with E-state index in [9.17, 15) is 0 Å². The average Bonchev–Trinajstić information content (AvgIpc) is 3.26. The van der Waals surface area contributed by atoms with Crippen molar-refractivity contribution in [1.82, 2.24) is 19.7 Å². The van der Waals surface area contributed by atoms with Crippen LogP contribution in [0.1, 0.15) is 45.7 Å². The minimum Gasteiger partial charge on any atom is -0.367 e. The fraction of sp³-hybridized carbons (Fsp3) is 0.652. The molecule has 0 bridgehead atoms. The maximum absolute atomic E-state index is 4.68. The second kappa shape index (κ2) is 7.51.